The summed E-state index contributed by atoms with van der Waals surface area (Å²) < 4.78 is 4.20. The van der Waals surface area contributed by atoms with Crippen molar-refractivity contribution in [3.8, 4) is 11.4 Å². The normalized spacial score (nSPS) is 13.0. The Hall–Kier alpha value is -3.67. The van der Waals surface area contributed by atoms with Gasteiger partial charge in [0.2, 0.25) is 0 Å². The first-order valence-corrected chi connectivity index (χ1v) is 10.8. The molecule has 6 heteroatoms. The van der Waals surface area contributed by atoms with Crippen LogP contribution in [0.3, 0.4) is 0 Å². The molecule has 2 aromatic heterocycles. The lowest BCUT2D eigenvalue weighted by Crippen LogP contribution is -2.17. The summed E-state index contributed by atoms with van der Waals surface area (Å²) in [6, 6.07) is 21.9. The van der Waals surface area contributed by atoms with E-state index in [1.807, 2.05) is 65.4 Å². The minimum Gasteiger partial charge on any atom is -0.343 e. The second-order valence-corrected chi connectivity index (χ2v) is 7.90. The standard InChI is InChI=1S/C25H25N5O/c31-25(22-9-6-16-29(22)18-15-19-7-2-1-3-8-19)26-21-13-11-20(12-14-21)24-28-27-23-10-4-5-17-30(23)24/h1-3,6-9,11-14,16H,4-5,10,15,17-18H2,(H,26,31). The molecule has 1 aliphatic rings. The quantitative estimate of drug-likeness (QED) is 0.505. The summed E-state index contributed by atoms with van der Waals surface area (Å²) in [6.07, 6.45) is 6.17. The van der Waals surface area contributed by atoms with Gasteiger partial charge in [0.1, 0.15) is 11.5 Å². The molecule has 0 fully saturated rings. The molecule has 0 unspecified atom stereocenters. The highest BCUT2D eigenvalue weighted by molar-refractivity contribution is 6.03. The zero-order chi connectivity index (χ0) is 21.0. The molecule has 0 radical (unpaired) electrons. The van der Waals surface area contributed by atoms with Crippen molar-refractivity contribution in [3.05, 3.63) is 90.0 Å². The Kier molecular flexibility index (Phi) is 5.35. The summed E-state index contributed by atoms with van der Waals surface area (Å²) >= 11 is 0. The summed E-state index contributed by atoms with van der Waals surface area (Å²) in [7, 11) is 0. The lowest BCUT2D eigenvalue weighted by atomic mass is 10.1. The van der Waals surface area contributed by atoms with E-state index in [0.717, 1.165) is 55.3 Å². The number of amides is 1. The van der Waals surface area contributed by atoms with Crippen molar-refractivity contribution in [2.75, 3.05) is 5.32 Å². The highest BCUT2D eigenvalue weighted by Crippen LogP contribution is 2.24. The molecule has 2 aromatic carbocycles. The summed E-state index contributed by atoms with van der Waals surface area (Å²) in [5.74, 6) is 1.86. The molecule has 6 nitrogen and oxygen atoms in total. The molecule has 31 heavy (non-hydrogen) atoms. The molecule has 4 aromatic rings. The second-order valence-electron chi connectivity index (χ2n) is 7.90. The summed E-state index contributed by atoms with van der Waals surface area (Å²) in [6.45, 7) is 1.73. The van der Waals surface area contributed by atoms with E-state index in [2.05, 4.69) is 32.2 Å². The Morgan fingerprint density at radius 1 is 0.935 bits per heavy atom. The first-order chi connectivity index (χ1) is 15.3. The van der Waals surface area contributed by atoms with Crippen molar-refractivity contribution in [1.82, 2.24) is 19.3 Å². The predicted molar refractivity (Wildman–Crippen MR) is 121 cm³/mol. The number of benzene rings is 2. The van der Waals surface area contributed by atoms with Crippen LogP contribution < -0.4 is 5.32 Å². The Morgan fingerprint density at radius 2 is 1.77 bits per heavy atom. The zero-order valence-electron chi connectivity index (χ0n) is 17.4. The van der Waals surface area contributed by atoms with Crippen molar-refractivity contribution < 1.29 is 4.79 Å². The van der Waals surface area contributed by atoms with Crippen molar-refractivity contribution in [2.24, 2.45) is 0 Å². The highest BCUT2D eigenvalue weighted by Gasteiger charge is 2.17. The molecule has 156 valence electrons. The predicted octanol–water partition coefficient (Wildman–Crippen LogP) is 4.58. The fourth-order valence-electron chi connectivity index (χ4n) is 4.13. The van der Waals surface area contributed by atoms with Crippen LogP contribution >= 0.6 is 0 Å². The molecule has 5 rings (SSSR count). The smallest absolute Gasteiger partial charge is 0.272 e. The Morgan fingerprint density at radius 3 is 2.61 bits per heavy atom. The summed E-state index contributed by atoms with van der Waals surface area (Å²) in [4.78, 5) is 12.9. The van der Waals surface area contributed by atoms with E-state index in [4.69, 9.17) is 0 Å². The topological polar surface area (TPSA) is 64.7 Å². The van der Waals surface area contributed by atoms with E-state index in [1.54, 1.807) is 0 Å². The average molecular weight is 412 g/mol. The molecule has 0 bridgehead atoms. The largest absolute Gasteiger partial charge is 0.343 e. The van der Waals surface area contributed by atoms with Gasteiger partial charge < -0.3 is 14.5 Å². The van der Waals surface area contributed by atoms with Crippen LogP contribution in [0.1, 0.15) is 34.7 Å². The number of anilines is 1. The Labute approximate surface area is 181 Å². The van der Waals surface area contributed by atoms with E-state index in [0.29, 0.717) is 5.69 Å². The van der Waals surface area contributed by atoms with E-state index < -0.39 is 0 Å². The molecule has 0 atom stereocenters. The number of nitrogens with one attached hydrogen (secondary N) is 1. The van der Waals surface area contributed by atoms with Crippen LogP contribution in [0.25, 0.3) is 11.4 Å². The first kappa shape index (κ1) is 19.3. The fourth-order valence-corrected chi connectivity index (χ4v) is 4.13. The SMILES string of the molecule is O=C(Nc1ccc(-c2nnc3n2CCCC3)cc1)c1cccn1CCc1ccccc1. The number of aromatic nitrogens is 4. The third kappa shape index (κ3) is 4.14. The van der Waals surface area contributed by atoms with Gasteiger partial charge >= 0.3 is 0 Å². The molecule has 0 spiro atoms. The number of nitrogens with zero attached hydrogens (tertiary/aromatic N) is 4. The molecule has 0 aliphatic carbocycles. The molecule has 1 aliphatic heterocycles. The fraction of sp³-hybridized carbons (Fsp3) is 0.240. The average Bonchev–Trinajstić information content (AvgIpc) is 3.46. The lowest BCUT2D eigenvalue weighted by molar-refractivity contribution is 0.101. The first-order valence-electron chi connectivity index (χ1n) is 10.8. The molecule has 3 heterocycles. The maximum Gasteiger partial charge on any atom is 0.272 e. The van der Waals surface area contributed by atoms with Gasteiger partial charge in [-0.2, -0.15) is 0 Å². The number of carbonyl (C=O) groups excluding carboxylic acids is 1. The maximum atomic E-state index is 12.9. The van der Waals surface area contributed by atoms with E-state index >= 15 is 0 Å². The van der Waals surface area contributed by atoms with Gasteiger partial charge in [0.15, 0.2) is 5.82 Å². The second kappa shape index (κ2) is 8.60. The third-order valence-electron chi connectivity index (χ3n) is 5.81. The van der Waals surface area contributed by atoms with Crippen LogP contribution in [0.4, 0.5) is 5.69 Å². The van der Waals surface area contributed by atoms with Crippen LogP contribution in [0, 0.1) is 0 Å². The van der Waals surface area contributed by atoms with Crippen LogP contribution in [-0.4, -0.2) is 25.2 Å². The van der Waals surface area contributed by atoms with Gasteiger partial charge in [-0.25, -0.2) is 0 Å². The van der Waals surface area contributed by atoms with Gasteiger partial charge in [-0.05, 0) is 61.2 Å². The number of aryl methyl sites for hydroxylation is 3. The lowest BCUT2D eigenvalue weighted by Gasteiger charge is -2.15. The summed E-state index contributed by atoms with van der Waals surface area (Å²) in [5.41, 5.74) is 3.70. The van der Waals surface area contributed by atoms with Crippen molar-refractivity contribution in [1.29, 1.82) is 0 Å². The number of rotatable bonds is 6. The van der Waals surface area contributed by atoms with Gasteiger partial charge in [0, 0.05) is 37.0 Å². The zero-order valence-corrected chi connectivity index (χ0v) is 17.4. The number of hydrogen-bond donors (Lipinski definition) is 1. The number of hydrogen-bond acceptors (Lipinski definition) is 3. The Bertz CT molecular complexity index is 1170. The molecular formula is C25H25N5O. The minimum atomic E-state index is -0.106. The van der Waals surface area contributed by atoms with Crippen LogP contribution in [0.5, 0.6) is 0 Å². The van der Waals surface area contributed by atoms with Crippen molar-refractivity contribution >= 4 is 11.6 Å². The van der Waals surface area contributed by atoms with Gasteiger partial charge in [-0.1, -0.05) is 30.3 Å². The number of fused-ring (bicyclic) bond motifs is 1. The molecule has 0 saturated carbocycles. The van der Waals surface area contributed by atoms with E-state index in [1.165, 1.54) is 12.0 Å². The van der Waals surface area contributed by atoms with Gasteiger partial charge in [0.25, 0.3) is 5.91 Å². The molecule has 1 amide bonds. The molecular weight excluding hydrogens is 386 g/mol. The van der Waals surface area contributed by atoms with E-state index in [9.17, 15) is 4.79 Å². The highest BCUT2D eigenvalue weighted by atomic mass is 16.1. The minimum absolute atomic E-state index is 0.106. The van der Waals surface area contributed by atoms with Crippen molar-refractivity contribution in [2.45, 2.75) is 38.8 Å². The Balaban J connectivity index is 1.26. The van der Waals surface area contributed by atoms with Crippen LogP contribution in [0.15, 0.2) is 72.9 Å². The van der Waals surface area contributed by atoms with Crippen LogP contribution in [-0.2, 0) is 25.9 Å². The van der Waals surface area contributed by atoms with Gasteiger partial charge in [-0.3, -0.25) is 4.79 Å². The summed E-state index contributed by atoms with van der Waals surface area (Å²) in [5, 5.41) is 11.7. The van der Waals surface area contributed by atoms with Crippen LogP contribution in [0.2, 0.25) is 0 Å². The van der Waals surface area contributed by atoms with E-state index in [-0.39, 0.29) is 5.91 Å². The van der Waals surface area contributed by atoms with Crippen molar-refractivity contribution in [3.63, 3.8) is 0 Å². The molecule has 1 N–H and O–H groups in total. The third-order valence-corrected chi connectivity index (χ3v) is 5.81. The van der Waals surface area contributed by atoms with Gasteiger partial charge in [-0.15, -0.1) is 10.2 Å². The monoisotopic (exact) mass is 411 g/mol. The number of carbonyl (C=O) groups is 1. The maximum absolute atomic E-state index is 12.9. The molecule has 0 saturated heterocycles. The van der Waals surface area contributed by atoms with Gasteiger partial charge in [0.05, 0.1) is 0 Å².